The van der Waals surface area contributed by atoms with Crippen LogP contribution in [0.15, 0.2) is 18.3 Å². The third-order valence-corrected chi connectivity index (χ3v) is 2.86. The van der Waals surface area contributed by atoms with Crippen molar-refractivity contribution in [3.05, 3.63) is 23.9 Å². The maximum atomic E-state index is 11.2. The molecule has 0 aliphatic carbocycles. The fourth-order valence-electron chi connectivity index (χ4n) is 1.47. The van der Waals surface area contributed by atoms with E-state index >= 15 is 0 Å². The molecule has 0 unspecified atom stereocenters. The summed E-state index contributed by atoms with van der Waals surface area (Å²) < 4.78 is 4.85. The number of anilines is 1. The van der Waals surface area contributed by atoms with Crippen molar-refractivity contribution in [3.63, 3.8) is 0 Å². The number of pyridine rings is 1. The number of nitrogens with two attached hydrogens (primary N) is 1. The largest absolute Gasteiger partial charge is 0.466 e. The first kappa shape index (κ1) is 14.6. The minimum Gasteiger partial charge on any atom is -0.466 e. The van der Waals surface area contributed by atoms with E-state index in [2.05, 4.69) is 4.98 Å². The molecule has 1 heterocycles. The van der Waals surface area contributed by atoms with Gasteiger partial charge in [0.25, 0.3) is 0 Å². The molecule has 0 spiro atoms. The highest BCUT2D eigenvalue weighted by Crippen LogP contribution is 2.08. The molecule has 0 fully saturated rings. The van der Waals surface area contributed by atoms with Crippen LogP contribution in [0.3, 0.4) is 0 Å². The Morgan fingerprint density at radius 1 is 1.39 bits per heavy atom. The summed E-state index contributed by atoms with van der Waals surface area (Å²) in [5, 5.41) is 0. The normalized spacial score (nSPS) is 10.1. The van der Waals surface area contributed by atoms with Crippen molar-refractivity contribution < 1.29 is 9.53 Å². The minimum absolute atomic E-state index is 0.186. The molecule has 0 saturated heterocycles. The van der Waals surface area contributed by atoms with Crippen LogP contribution in [0.1, 0.15) is 31.7 Å². The molecule has 1 aromatic rings. The van der Waals surface area contributed by atoms with Crippen molar-refractivity contribution in [3.8, 4) is 0 Å². The molecular formula is C13H18N2O2S. The van der Waals surface area contributed by atoms with Gasteiger partial charge >= 0.3 is 5.97 Å². The summed E-state index contributed by atoms with van der Waals surface area (Å²) in [6, 6.07) is 3.72. The zero-order chi connectivity index (χ0) is 13.4. The second kappa shape index (κ2) is 7.76. The van der Waals surface area contributed by atoms with Crippen LogP contribution < -0.4 is 5.73 Å². The Bertz CT molecular complexity index is 404. The van der Waals surface area contributed by atoms with Crippen LogP contribution in [-0.2, 0) is 16.0 Å². The first-order valence-electron chi connectivity index (χ1n) is 5.99. The van der Waals surface area contributed by atoms with E-state index in [9.17, 15) is 4.79 Å². The van der Waals surface area contributed by atoms with Gasteiger partial charge in [0.1, 0.15) is 5.82 Å². The molecule has 5 heteroatoms. The monoisotopic (exact) mass is 266 g/mol. The number of esters is 1. The molecule has 0 bridgehead atoms. The van der Waals surface area contributed by atoms with Gasteiger partial charge in [-0.15, -0.1) is 0 Å². The number of aryl methyl sites for hydroxylation is 1. The second-order valence-electron chi connectivity index (χ2n) is 3.94. The Labute approximate surface area is 113 Å². The summed E-state index contributed by atoms with van der Waals surface area (Å²) in [7, 11) is 0. The maximum absolute atomic E-state index is 11.2. The van der Waals surface area contributed by atoms with Crippen molar-refractivity contribution in [2.45, 2.75) is 32.6 Å². The van der Waals surface area contributed by atoms with E-state index in [4.69, 9.17) is 22.7 Å². The minimum atomic E-state index is -0.186. The van der Waals surface area contributed by atoms with Crippen molar-refractivity contribution in [2.75, 3.05) is 12.3 Å². The molecule has 0 radical (unpaired) electrons. The lowest BCUT2D eigenvalue weighted by Gasteiger charge is -2.04. The summed E-state index contributed by atoms with van der Waals surface area (Å²) in [6.07, 6.45) is 4.34. The summed E-state index contributed by atoms with van der Waals surface area (Å²) in [4.78, 5) is 16.1. The van der Waals surface area contributed by atoms with Gasteiger partial charge in [0.15, 0.2) is 0 Å². The van der Waals surface area contributed by atoms with Gasteiger partial charge in [0.05, 0.1) is 13.0 Å². The lowest BCUT2D eigenvalue weighted by Crippen LogP contribution is -2.07. The molecule has 18 heavy (non-hydrogen) atoms. The van der Waals surface area contributed by atoms with Gasteiger partial charge in [-0.05, 0) is 42.7 Å². The highest BCUT2D eigenvalue weighted by molar-refractivity contribution is 7.80. The Balaban J connectivity index is 2.24. The Hall–Kier alpha value is -1.49. The average molecular weight is 266 g/mol. The predicted molar refractivity (Wildman–Crippen MR) is 75.4 cm³/mol. The lowest BCUT2D eigenvalue weighted by atomic mass is 10.1. The number of hydrogen-bond acceptors (Lipinski definition) is 5. The van der Waals surface area contributed by atoms with E-state index < -0.39 is 0 Å². The molecule has 0 aliphatic rings. The van der Waals surface area contributed by atoms with Gasteiger partial charge in [-0.3, -0.25) is 4.79 Å². The number of carbonyl (C=O) groups excluding carboxylic acids is 1. The third-order valence-electron chi connectivity index (χ3n) is 2.45. The zero-order valence-corrected chi connectivity index (χ0v) is 11.3. The van der Waals surface area contributed by atoms with Gasteiger partial charge < -0.3 is 10.5 Å². The molecule has 0 aromatic carbocycles. The van der Waals surface area contributed by atoms with Gasteiger partial charge in [-0.1, -0.05) is 18.3 Å². The number of hydrogen-bond donors (Lipinski definition) is 1. The van der Waals surface area contributed by atoms with Gasteiger partial charge in [0, 0.05) is 6.20 Å². The van der Waals surface area contributed by atoms with Crippen LogP contribution >= 0.6 is 12.2 Å². The number of nitrogens with zero attached hydrogens (tertiary/aromatic N) is 1. The maximum Gasteiger partial charge on any atom is 0.306 e. The van der Waals surface area contributed by atoms with Crippen LogP contribution in [0.25, 0.3) is 0 Å². The number of nitrogen functional groups attached to an aromatic ring is 1. The first-order chi connectivity index (χ1) is 8.61. The smallest absolute Gasteiger partial charge is 0.306 e. The van der Waals surface area contributed by atoms with E-state index in [1.165, 1.54) is 0 Å². The van der Waals surface area contributed by atoms with Crippen molar-refractivity contribution in [1.82, 2.24) is 4.98 Å². The van der Waals surface area contributed by atoms with Gasteiger partial charge in [-0.25, -0.2) is 4.98 Å². The number of carbonyl (C=O) groups is 1. The fourth-order valence-corrected chi connectivity index (χ4v) is 1.67. The Morgan fingerprint density at radius 2 is 2.17 bits per heavy atom. The predicted octanol–water partition coefficient (Wildman–Crippen LogP) is 2.31. The number of thiocarbonyl (C=S) groups is 1. The molecular weight excluding hydrogens is 248 g/mol. The molecule has 2 N–H and O–H groups in total. The summed E-state index contributed by atoms with van der Waals surface area (Å²) in [5.74, 6) is 0.331. The highest BCUT2D eigenvalue weighted by atomic mass is 32.1. The van der Waals surface area contributed by atoms with Crippen molar-refractivity contribution in [2.24, 2.45) is 0 Å². The topological polar surface area (TPSA) is 65.2 Å². The van der Waals surface area contributed by atoms with Gasteiger partial charge in [-0.2, -0.15) is 0 Å². The Kier molecular flexibility index (Phi) is 6.28. The number of rotatable bonds is 7. The molecule has 0 amide bonds. The number of ether oxygens (including phenoxy) is 1. The summed E-state index contributed by atoms with van der Waals surface area (Å²) in [5.41, 5.74) is 6.60. The molecule has 4 nitrogen and oxygen atoms in total. The Morgan fingerprint density at radius 3 is 2.78 bits per heavy atom. The average Bonchev–Trinajstić information content (AvgIpc) is 2.36. The highest BCUT2D eigenvalue weighted by Gasteiger charge is 2.05. The van der Waals surface area contributed by atoms with Crippen LogP contribution in [0.4, 0.5) is 5.82 Å². The zero-order valence-electron chi connectivity index (χ0n) is 10.5. The first-order valence-corrected chi connectivity index (χ1v) is 6.40. The lowest BCUT2D eigenvalue weighted by molar-refractivity contribution is -0.142. The van der Waals surface area contributed by atoms with E-state index in [0.29, 0.717) is 25.3 Å². The van der Waals surface area contributed by atoms with Crippen LogP contribution in [0.5, 0.6) is 0 Å². The summed E-state index contributed by atoms with van der Waals surface area (Å²) >= 11 is 5.23. The molecule has 98 valence electrons. The molecule has 0 atom stereocenters. The molecule has 1 aromatic heterocycles. The van der Waals surface area contributed by atoms with Crippen LogP contribution in [-0.4, -0.2) is 22.4 Å². The third kappa shape index (κ3) is 5.72. The SMILES string of the molecule is CCOC(=O)CCC(=S)CCc1ccc(N)nc1. The fraction of sp³-hybridized carbons (Fsp3) is 0.462. The van der Waals surface area contributed by atoms with Crippen LogP contribution in [0, 0.1) is 0 Å². The van der Waals surface area contributed by atoms with E-state index in [0.717, 1.165) is 23.3 Å². The molecule has 0 aliphatic heterocycles. The van der Waals surface area contributed by atoms with Gasteiger partial charge in [0.2, 0.25) is 0 Å². The van der Waals surface area contributed by atoms with E-state index in [1.54, 1.807) is 19.2 Å². The van der Waals surface area contributed by atoms with Crippen LogP contribution in [0.2, 0.25) is 0 Å². The van der Waals surface area contributed by atoms with Crippen molar-refractivity contribution in [1.29, 1.82) is 0 Å². The standard InChI is InChI=1S/C13H18N2O2S/c1-2-17-13(16)8-6-11(18)5-3-10-4-7-12(14)15-9-10/h4,7,9H,2-3,5-6,8H2,1H3,(H2,14,15). The van der Waals surface area contributed by atoms with E-state index in [1.807, 2.05) is 6.07 Å². The molecule has 0 saturated carbocycles. The van der Waals surface area contributed by atoms with Crippen molar-refractivity contribution >= 4 is 28.9 Å². The second-order valence-corrected chi connectivity index (χ2v) is 4.51. The van der Waals surface area contributed by atoms with E-state index in [-0.39, 0.29) is 5.97 Å². The summed E-state index contributed by atoms with van der Waals surface area (Å²) in [6.45, 7) is 2.22. The molecule has 1 rings (SSSR count). The number of aromatic nitrogens is 1. The quantitative estimate of drug-likeness (QED) is 0.606.